The smallest absolute Gasteiger partial charge is 0.416 e. The molecular formula is C12H18N2O4S. The number of anilines is 1. The molecule has 0 atom stereocenters. The Morgan fingerprint density at radius 1 is 1.42 bits per heavy atom. The second-order valence-corrected chi connectivity index (χ2v) is 5.61. The van der Waals surface area contributed by atoms with E-state index in [1.54, 1.807) is 40.1 Å². The molecule has 1 amide bonds. The molecule has 1 heterocycles. The van der Waals surface area contributed by atoms with Gasteiger partial charge in [-0.1, -0.05) is 0 Å². The predicted octanol–water partition coefficient (Wildman–Crippen LogP) is 2.69. The predicted molar refractivity (Wildman–Crippen MR) is 72.7 cm³/mol. The van der Waals surface area contributed by atoms with Crippen LogP contribution in [0, 0.1) is 0 Å². The molecule has 0 aliphatic rings. The standard InChI is InChI=1S/C12H18N2O4S/c1-6-17-9(15)8-7-19-10(13-8)14(5)11(16)18-12(2,3)4/h7H,6H2,1-5H3. The maximum atomic E-state index is 11.8. The Hall–Kier alpha value is -1.63. The van der Waals surface area contributed by atoms with Crippen LogP contribution in [-0.2, 0) is 9.47 Å². The number of carbonyl (C=O) groups is 2. The first-order valence-corrected chi connectivity index (χ1v) is 6.72. The number of hydrogen-bond acceptors (Lipinski definition) is 6. The summed E-state index contributed by atoms with van der Waals surface area (Å²) in [6, 6.07) is 0. The Kier molecular flexibility index (Phi) is 4.88. The molecule has 1 rings (SSSR count). The van der Waals surface area contributed by atoms with Gasteiger partial charge in [-0.05, 0) is 27.7 Å². The lowest BCUT2D eigenvalue weighted by Crippen LogP contribution is -2.34. The highest BCUT2D eigenvalue weighted by molar-refractivity contribution is 7.14. The number of carbonyl (C=O) groups excluding carboxylic acids is 2. The summed E-state index contributed by atoms with van der Waals surface area (Å²) in [6.45, 7) is 7.35. The Morgan fingerprint density at radius 3 is 2.58 bits per heavy atom. The van der Waals surface area contributed by atoms with Crippen LogP contribution in [0.3, 0.4) is 0 Å². The van der Waals surface area contributed by atoms with E-state index < -0.39 is 17.7 Å². The van der Waals surface area contributed by atoms with E-state index in [1.807, 2.05) is 0 Å². The van der Waals surface area contributed by atoms with Crippen molar-refractivity contribution in [1.29, 1.82) is 0 Å². The quantitative estimate of drug-likeness (QED) is 0.799. The van der Waals surface area contributed by atoms with Crippen molar-refractivity contribution in [2.75, 3.05) is 18.6 Å². The maximum Gasteiger partial charge on any atom is 0.416 e. The summed E-state index contributed by atoms with van der Waals surface area (Å²) in [4.78, 5) is 28.6. The maximum absolute atomic E-state index is 11.8. The van der Waals surface area contributed by atoms with E-state index in [0.29, 0.717) is 5.13 Å². The van der Waals surface area contributed by atoms with Crippen LogP contribution < -0.4 is 4.90 Å². The first-order valence-electron chi connectivity index (χ1n) is 5.84. The molecule has 1 aromatic rings. The number of amides is 1. The number of nitrogens with zero attached hydrogens (tertiary/aromatic N) is 2. The van der Waals surface area contributed by atoms with E-state index in [0.717, 1.165) is 0 Å². The number of ether oxygens (including phenoxy) is 2. The third-order valence-corrected chi connectivity index (χ3v) is 2.85. The summed E-state index contributed by atoms with van der Waals surface area (Å²) < 4.78 is 10.0. The van der Waals surface area contributed by atoms with Gasteiger partial charge in [-0.2, -0.15) is 0 Å². The van der Waals surface area contributed by atoms with Crippen molar-refractivity contribution in [3.8, 4) is 0 Å². The second kappa shape index (κ2) is 6.01. The normalized spacial score (nSPS) is 11.0. The number of rotatable bonds is 3. The van der Waals surface area contributed by atoms with E-state index in [9.17, 15) is 9.59 Å². The third-order valence-electron chi connectivity index (χ3n) is 1.93. The third kappa shape index (κ3) is 4.51. The summed E-state index contributed by atoms with van der Waals surface area (Å²) >= 11 is 1.18. The van der Waals surface area contributed by atoms with Gasteiger partial charge in [0.15, 0.2) is 10.8 Å². The molecule has 0 unspecified atom stereocenters. The van der Waals surface area contributed by atoms with Gasteiger partial charge in [0, 0.05) is 12.4 Å². The summed E-state index contributed by atoms with van der Waals surface area (Å²) in [6.07, 6.45) is -0.516. The monoisotopic (exact) mass is 286 g/mol. The minimum absolute atomic E-state index is 0.192. The van der Waals surface area contributed by atoms with Crippen LogP contribution in [0.25, 0.3) is 0 Å². The van der Waals surface area contributed by atoms with E-state index in [-0.39, 0.29) is 12.3 Å². The van der Waals surface area contributed by atoms with Crippen LogP contribution in [0.1, 0.15) is 38.2 Å². The van der Waals surface area contributed by atoms with Crippen molar-refractivity contribution in [2.45, 2.75) is 33.3 Å². The summed E-state index contributed by atoms with van der Waals surface area (Å²) in [5.74, 6) is -0.498. The van der Waals surface area contributed by atoms with Gasteiger partial charge in [0.05, 0.1) is 6.61 Å². The molecule has 0 bridgehead atoms. The fourth-order valence-corrected chi connectivity index (χ4v) is 1.88. The van der Waals surface area contributed by atoms with Gasteiger partial charge >= 0.3 is 12.1 Å². The lowest BCUT2D eigenvalue weighted by Gasteiger charge is -2.23. The molecule has 7 heteroatoms. The van der Waals surface area contributed by atoms with Crippen LogP contribution in [-0.4, -0.2) is 36.3 Å². The molecule has 0 N–H and O–H groups in total. The van der Waals surface area contributed by atoms with Gasteiger partial charge in [0.1, 0.15) is 5.60 Å². The van der Waals surface area contributed by atoms with Crippen molar-refractivity contribution >= 4 is 28.5 Å². The summed E-state index contributed by atoms with van der Waals surface area (Å²) in [5.41, 5.74) is -0.385. The average Bonchev–Trinajstić information content (AvgIpc) is 2.75. The number of aromatic nitrogens is 1. The highest BCUT2D eigenvalue weighted by atomic mass is 32.1. The summed E-state index contributed by atoms with van der Waals surface area (Å²) in [7, 11) is 1.54. The van der Waals surface area contributed by atoms with E-state index >= 15 is 0 Å². The zero-order chi connectivity index (χ0) is 14.6. The fourth-order valence-electron chi connectivity index (χ4n) is 1.13. The van der Waals surface area contributed by atoms with Gasteiger partial charge in [-0.15, -0.1) is 11.3 Å². The largest absolute Gasteiger partial charge is 0.461 e. The van der Waals surface area contributed by atoms with Crippen LogP contribution in [0.15, 0.2) is 5.38 Å². The van der Waals surface area contributed by atoms with Gasteiger partial charge in [-0.3, -0.25) is 4.90 Å². The minimum Gasteiger partial charge on any atom is -0.461 e. The Morgan fingerprint density at radius 2 is 2.05 bits per heavy atom. The highest BCUT2D eigenvalue weighted by Gasteiger charge is 2.23. The first kappa shape index (κ1) is 15.4. The highest BCUT2D eigenvalue weighted by Crippen LogP contribution is 2.21. The Labute approximate surface area is 116 Å². The van der Waals surface area contributed by atoms with E-state index in [2.05, 4.69) is 4.98 Å². The van der Waals surface area contributed by atoms with Crippen LogP contribution in [0.4, 0.5) is 9.93 Å². The first-order chi connectivity index (χ1) is 8.74. The molecular weight excluding hydrogens is 268 g/mol. The van der Waals surface area contributed by atoms with E-state index in [1.165, 1.54) is 16.2 Å². The fraction of sp³-hybridized carbons (Fsp3) is 0.583. The molecule has 19 heavy (non-hydrogen) atoms. The minimum atomic E-state index is -0.577. The topological polar surface area (TPSA) is 68.7 Å². The molecule has 6 nitrogen and oxygen atoms in total. The van der Waals surface area contributed by atoms with Crippen LogP contribution >= 0.6 is 11.3 Å². The van der Waals surface area contributed by atoms with Crippen molar-refractivity contribution in [3.05, 3.63) is 11.1 Å². The van der Waals surface area contributed by atoms with Crippen molar-refractivity contribution < 1.29 is 19.1 Å². The molecule has 0 aliphatic carbocycles. The average molecular weight is 286 g/mol. The second-order valence-electron chi connectivity index (χ2n) is 4.78. The Balaban J connectivity index is 2.76. The zero-order valence-corrected chi connectivity index (χ0v) is 12.5. The lowest BCUT2D eigenvalue weighted by molar-refractivity contribution is 0.0517. The van der Waals surface area contributed by atoms with Crippen molar-refractivity contribution in [2.24, 2.45) is 0 Å². The molecule has 0 aliphatic heterocycles. The number of esters is 1. The van der Waals surface area contributed by atoms with Gasteiger partial charge in [0.25, 0.3) is 0 Å². The SMILES string of the molecule is CCOC(=O)c1csc(N(C)C(=O)OC(C)(C)C)n1. The Bertz CT molecular complexity index is 465. The molecule has 0 aromatic carbocycles. The molecule has 106 valence electrons. The molecule has 0 saturated heterocycles. The molecule has 0 fully saturated rings. The number of thiazole rings is 1. The lowest BCUT2D eigenvalue weighted by atomic mass is 10.2. The molecule has 0 spiro atoms. The molecule has 0 radical (unpaired) electrons. The molecule has 1 aromatic heterocycles. The van der Waals surface area contributed by atoms with Crippen LogP contribution in [0.5, 0.6) is 0 Å². The van der Waals surface area contributed by atoms with E-state index in [4.69, 9.17) is 9.47 Å². The van der Waals surface area contributed by atoms with Crippen molar-refractivity contribution in [1.82, 2.24) is 4.98 Å². The van der Waals surface area contributed by atoms with Gasteiger partial charge in [-0.25, -0.2) is 14.6 Å². The van der Waals surface area contributed by atoms with Crippen molar-refractivity contribution in [3.63, 3.8) is 0 Å². The van der Waals surface area contributed by atoms with Gasteiger partial charge in [0.2, 0.25) is 0 Å². The van der Waals surface area contributed by atoms with Crippen LogP contribution in [0.2, 0.25) is 0 Å². The van der Waals surface area contributed by atoms with Gasteiger partial charge < -0.3 is 9.47 Å². The molecule has 0 saturated carbocycles. The number of hydrogen-bond donors (Lipinski definition) is 0. The zero-order valence-electron chi connectivity index (χ0n) is 11.7. The summed E-state index contributed by atoms with van der Waals surface area (Å²) in [5, 5.41) is 1.94.